The van der Waals surface area contributed by atoms with E-state index in [1.54, 1.807) is 12.1 Å². The first kappa shape index (κ1) is 21.6. The Labute approximate surface area is 178 Å². The van der Waals surface area contributed by atoms with Crippen LogP contribution in [0, 0.1) is 12.7 Å². The van der Waals surface area contributed by atoms with Crippen LogP contribution in [0.15, 0.2) is 71.6 Å². The van der Waals surface area contributed by atoms with E-state index in [0.717, 1.165) is 5.56 Å². The fourth-order valence-electron chi connectivity index (χ4n) is 2.46. The van der Waals surface area contributed by atoms with Gasteiger partial charge < -0.3 is 10.1 Å². The Morgan fingerprint density at radius 2 is 1.63 bits per heavy atom. The minimum absolute atomic E-state index is 0.0299. The SMILES string of the molecule is Cc1ccc(NS(=O)(=O)c2ccc(OCC(=O)Nc3ccc(F)cc3)cc2)cc1Cl. The van der Waals surface area contributed by atoms with Gasteiger partial charge in [0.1, 0.15) is 11.6 Å². The third-order valence-electron chi connectivity index (χ3n) is 4.06. The van der Waals surface area contributed by atoms with E-state index >= 15 is 0 Å². The molecule has 0 aliphatic rings. The van der Waals surface area contributed by atoms with Gasteiger partial charge in [0.05, 0.1) is 10.6 Å². The second-order valence-electron chi connectivity index (χ2n) is 6.38. The average molecular weight is 449 g/mol. The molecule has 0 saturated carbocycles. The van der Waals surface area contributed by atoms with Gasteiger partial charge in [0.15, 0.2) is 6.61 Å². The number of hydrogen-bond donors (Lipinski definition) is 2. The van der Waals surface area contributed by atoms with Crippen LogP contribution in [0.1, 0.15) is 5.56 Å². The van der Waals surface area contributed by atoms with E-state index < -0.39 is 21.7 Å². The van der Waals surface area contributed by atoms with Crippen molar-refractivity contribution in [3.8, 4) is 5.75 Å². The van der Waals surface area contributed by atoms with E-state index in [1.165, 1.54) is 54.6 Å². The first-order valence-corrected chi connectivity index (χ1v) is 10.7. The number of sulfonamides is 1. The normalized spacial score (nSPS) is 11.0. The molecule has 0 atom stereocenters. The van der Waals surface area contributed by atoms with Crippen molar-refractivity contribution in [3.05, 3.63) is 83.1 Å². The number of rotatable bonds is 7. The van der Waals surface area contributed by atoms with Crippen LogP contribution in [0.3, 0.4) is 0 Å². The van der Waals surface area contributed by atoms with Crippen LogP contribution in [0.5, 0.6) is 5.75 Å². The maximum Gasteiger partial charge on any atom is 0.262 e. The lowest BCUT2D eigenvalue weighted by atomic mass is 10.2. The molecule has 3 aromatic rings. The summed E-state index contributed by atoms with van der Waals surface area (Å²) in [5, 5.41) is 3.02. The molecule has 2 N–H and O–H groups in total. The summed E-state index contributed by atoms with van der Waals surface area (Å²) < 4.78 is 45.7. The minimum atomic E-state index is -3.81. The van der Waals surface area contributed by atoms with Gasteiger partial charge in [-0.05, 0) is 73.2 Å². The highest BCUT2D eigenvalue weighted by Gasteiger charge is 2.15. The molecule has 0 fully saturated rings. The van der Waals surface area contributed by atoms with E-state index in [4.69, 9.17) is 16.3 Å². The van der Waals surface area contributed by atoms with Gasteiger partial charge in [-0.1, -0.05) is 17.7 Å². The Balaban J connectivity index is 1.58. The number of aryl methyl sites for hydroxylation is 1. The maximum atomic E-state index is 12.9. The van der Waals surface area contributed by atoms with Crippen molar-refractivity contribution in [1.29, 1.82) is 0 Å². The Morgan fingerprint density at radius 1 is 1.00 bits per heavy atom. The Kier molecular flexibility index (Phi) is 6.59. The van der Waals surface area contributed by atoms with Gasteiger partial charge in [0.2, 0.25) is 0 Å². The van der Waals surface area contributed by atoms with Crippen LogP contribution < -0.4 is 14.8 Å². The van der Waals surface area contributed by atoms with E-state index in [0.29, 0.717) is 22.1 Å². The molecular weight excluding hydrogens is 431 g/mol. The zero-order chi connectivity index (χ0) is 21.7. The fraction of sp³-hybridized carbons (Fsp3) is 0.0952. The second-order valence-corrected chi connectivity index (χ2v) is 8.47. The van der Waals surface area contributed by atoms with Gasteiger partial charge in [-0.25, -0.2) is 12.8 Å². The molecule has 0 unspecified atom stereocenters. The van der Waals surface area contributed by atoms with Gasteiger partial charge in [0, 0.05) is 10.7 Å². The Hall–Kier alpha value is -3.10. The van der Waals surface area contributed by atoms with Crippen molar-refractivity contribution in [1.82, 2.24) is 0 Å². The molecule has 0 heterocycles. The van der Waals surface area contributed by atoms with Crippen molar-refractivity contribution >= 4 is 38.9 Å². The molecule has 30 heavy (non-hydrogen) atoms. The minimum Gasteiger partial charge on any atom is -0.484 e. The topological polar surface area (TPSA) is 84.5 Å². The molecule has 0 saturated heterocycles. The van der Waals surface area contributed by atoms with E-state index in [-0.39, 0.29) is 11.5 Å². The summed E-state index contributed by atoms with van der Waals surface area (Å²) >= 11 is 6.03. The molecule has 9 heteroatoms. The maximum absolute atomic E-state index is 12.9. The Bertz CT molecular complexity index is 1150. The number of hydrogen-bond acceptors (Lipinski definition) is 4. The highest BCUT2D eigenvalue weighted by Crippen LogP contribution is 2.23. The number of nitrogens with one attached hydrogen (secondary N) is 2. The third kappa shape index (κ3) is 5.71. The van der Waals surface area contributed by atoms with Crippen molar-refractivity contribution < 1.29 is 22.3 Å². The van der Waals surface area contributed by atoms with Crippen LogP contribution in [-0.2, 0) is 14.8 Å². The molecule has 0 aromatic heterocycles. The van der Waals surface area contributed by atoms with Gasteiger partial charge in [-0.15, -0.1) is 0 Å². The number of carbonyl (C=O) groups excluding carboxylic acids is 1. The van der Waals surface area contributed by atoms with Crippen molar-refractivity contribution in [3.63, 3.8) is 0 Å². The first-order chi connectivity index (χ1) is 14.2. The van der Waals surface area contributed by atoms with Gasteiger partial charge in [-0.3, -0.25) is 9.52 Å². The van der Waals surface area contributed by atoms with Crippen LogP contribution in [0.25, 0.3) is 0 Å². The molecule has 0 aliphatic carbocycles. The summed E-state index contributed by atoms with van der Waals surface area (Å²) in [7, 11) is -3.81. The van der Waals surface area contributed by atoms with Crippen molar-refractivity contribution in [2.24, 2.45) is 0 Å². The monoisotopic (exact) mass is 448 g/mol. The lowest BCUT2D eigenvalue weighted by Gasteiger charge is -2.11. The van der Waals surface area contributed by atoms with Gasteiger partial charge in [0.25, 0.3) is 15.9 Å². The molecule has 156 valence electrons. The molecule has 3 aromatic carbocycles. The van der Waals surface area contributed by atoms with Crippen molar-refractivity contribution in [2.75, 3.05) is 16.6 Å². The van der Waals surface area contributed by atoms with E-state index in [2.05, 4.69) is 10.0 Å². The van der Waals surface area contributed by atoms with Gasteiger partial charge >= 0.3 is 0 Å². The van der Waals surface area contributed by atoms with Gasteiger partial charge in [-0.2, -0.15) is 0 Å². The summed E-state index contributed by atoms with van der Waals surface area (Å²) in [6.07, 6.45) is 0. The lowest BCUT2D eigenvalue weighted by molar-refractivity contribution is -0.118. The number of ether oxygens (including phenoxy) is 1. The third-order valence-corrected chi connectivity index (χ3v) is 5.86. The average Bonchev–Trinajstić information content (AvgIpc) is 2.71. The van der Waals surface area contributed by atoms with Crippen LogP contribution in [-0.4, -0.2) is 20.9 Å². The summed E-state index contributed by atoms with van der Waals surface area (Å²) in [5.74, 6) is -0.517. The van der Waals surface area contributed by atoms with E-state index in [1.807, 2.05) is 6.92 Å². The Morgan fingerprint density at radius 3 is 2.27 bits per heavy atom. The standard InChI is InChI=1S/C21H18ClFN2O4S/c1-14-2-5-17(12-20(14)22)25-30(27,28)19-10-8-18(9-11-19)29-13-21(26)24-16-6-3-15(23)4-7-16/h2-12,25H,13H2,1H3,(H,24,26). The predicted molar refractivity (Wildman–Crippen MR) is 114 cm³/mol. The number of anilines is 2. The quantitative estimate of drug-likeness (QED) is 0.553. The summed E-state index contributed by atoms with van der Waals surface area (Å²) in [6.45, 7) is 1.53. The molecule has 1 amide bonds. The predicted octanol–water partition coefficient (Wildman–Crippen LogP) is 4.61. The van der Waals surface area contributed by atoms with Crippen LogP contribution in [0.2, 0.25) is 5.02 Å². The van der Waals surface area contributed by atoms with Crippen molar-refractivity contribution in [2.45, 2.75) is 11.8 Å². The highest BCUT2D eigenvalue weighted by molar-refractivity contribution is 7.92. The summed E-state index contributed by atoms with van der Waals surface area (Å²) in [5.41, 5.74) is 1.63. The van der Waals surface area contributed by atoms with E-state index in [9.17, 15) is 17.6 Å². The molecule has 0 radical (unpaired) electrons. The molecular formula is C21H18ClFN2O4S. The first-order valence-electron chi connectivity index (χ1n) is 8.80. The molecule has 6 nitrogen and oxygen atoms in total. The second kappa shape index (κ2) is 9.15. The number of halogens is 2. The summed E-state index contributed by atoms with van der Waals surface area (Å²) in [6, 6.07) is 15.8. The molecule has 3 rings (SSSR count). The fourth-order valence-corrected chi connectivity index (χ4v) is 3.69. The number of carbonyl (C=O) groups is 1. The summed E-state index contributed by atoms with van der Waals surface area (Å²) in [4.78, 5) is 11.9. The lowest BCUT2D eigenvalue weighted by Crippen LogP contribution is -2.20. The van der Waals surface area contributed by atoms with Crippen LogP contribution in [0.4, 0.5) is 15.8 Å². The number of amides is 1. The largest absolute Gasteiger partial charge is 0.484 e. The molecule has 0 spiro atoms. The zero-order valence-electron chi connectivity index (χ0n) is 15.9. The van der Waals surface area contributed by atoms with Crippen LogP contribution >= 0.6 is 11.6 Å². The smallest absolute Gasteiger partial charge is 0.262 e. The molecule has 0 bridgehead atoms. The molecule has 0 aliphatic heterocycles. The number of benzene rings is 3. The zero-order valence-corrected chi connectivity index (χ0v) is 17.4. The highest BCUT2D eigenvalue weighted by atomic mass is 35.5.